The van der Waals surface area contributed by atoms with E-state index in [-0.39, 0.29) is 18.0 Å². The number of halogens is 2. The van der Waals surface area contributed by atoms with Gasteiger partial charge in [-0.1, -0.05) is 15.9 Å². The van der Waals surface area contributed by atoms with Crippen molar-refractivity contribution < 1.29 is 23.1 Å². The lowest BCUT2D eigenvalue weighted by molar-refractivity contribution is -0.142. The second-order valence-corrected chi connectivity index (χ2v) is 6.92. The van der Waals surface area contributed by atoms with Crippen molar-refractivity contribution in [3.63, 3.8) is 0 Å². The molecule has 0 heterocycles. The van der Waals surface area contributed by atoms with Gasteiger partial charge in [0, 0.05) is 15.5 Å². The van der Waals surface area contributed by atoms with Crippen LogP contribution in [0.4, 0.5) is 0 Å². The normalized spacial score (nSPS) is 11.5. The summed E-state index contributed by atoms with van der Waals surface area (Å²) < 4.78 is 32.1. The Bertz CT molecular complexity index is 561. The van der Waals surface area contributed by atoms with Gasteiger partial charge in [0.2, 0.25) is 10.0 Å². The van der Waals surface area contributed by atoms with Crippen LogP contribution in [0.2, 0.25) is 0 Å². The molecule has 9 heteroatoms. The molecule has 0 radical (unpaired) electrons. The van der Waals surface area contributed by atoms with Gasteiger partial charge in [0.1, 0.15) is 6.61 Å². The van der Waals surface area contributed by atoms with E-state index in [9.17, 15) is 13.2 Å². The third-order valence-electron chi connectivity index (χ3n) is 1.95. The lowest BCUT2D eigenvalue weighted by Gasteiger charge is -2.08. The molecule has 0 unspecified atom stereocenters. The number of carboxylic acids is 1. The van der Waals surface area contributed by atoms with E-state index >= 15 is 0 Å². The first-order valence-electron chi connectivity index (χ1n) is 5.07. The molecule has 0 saturated heterocycles. The summed E-state index contributed by atoms with van der Waals surface area (Å²) in [7, 11) is -3.67. The number of hydrogen-bond donors (Lipinski definition) is 2. The van der Waals surface area contributed by atoms with Crippen LogP contribution < -0.4 is 4.72 Å². The number of nitrogens with one attached hydrogen (secondary N) is 1. The minimum atomic E-state index is -3.67. The fraction of sp³-hybridized carbons (Fsp3) is 0.300. The second-order valence-electron chi connectivity index (χ2n) is 3.42. The maximum Gasteiger partial charge on any atom is 0.329 e. The summed E-state index contributed by atoms with van der Waals surface area (Å²) in [5, 5.41) is 8.34. The fourth-order valence-corrected chi connectivity index (χ4v) is 3.68. The van der Waals surface area contributed by atoms with Crippen LogP contribution >= 0.6 is 31.9 Å². The highest BCUT2D eigenvalue weighted by Gasteiger charge is 2.17. The van der Waals surface area contributed by atoms with Gasteiger partial charge in [-0.3, -0.25) is 0 Å². The summed E-state index contributed by atoms with van der Waals surface area (Å²) in [5.74, 6) is -1.10. The summed E-state index contributed by atoms with van der Waals surface area (Å²) in [4.78, 5) is 10.3. The van der Waals surface area contributed by atoms with Crippen molar-refractivity contribution in [1.82, 2.24) is 4.72 Å². The largest absolute Gasteiger partial charge is 0.480 e. The van der Waals surface area contributed by atoms with E-state index in [2.05, 4.69) is 36.6 Å². The smallest absolute Gasteiger partial charge is 0.329 e. The lowest BCUT2D eigenvalue weighted by atomic mass is 10.4. The van der Waals surface area contributed by atoms with Crippen molar-refractivity contribution in [2.75, 3.05) is 19.8 Å². The number of carbonyl (C=O) groups is 1. The third kappa shape index (κ3) is 5.57. The number of sulfonamides is 1. The molecule has 19 heavy (non-hydrogen) atoms. The summed E-state index contributed by atoms with van der Waals surface area (Å²) in [6.07, 6.45) is 0. The summed E-state index contributed by atoms with van der Waals surface area (Å²) >= 11 is 6.35. The Hall–Kier alpha value is -0.480. The maximum atomic E-state index is 12.0. The summed E-state index contributed by atoms with van der Waals surface area (Å²) in [5.41, 5.74) is 0. The quantitative estimate of drug-likeness (QED) is 0.658. The molecular weight excluding hydrogens is 406 g/mol. The minimum Gasteiger partial charge on any atom is -0.480 e. The minimum absolute atomic E-state index is 0.00539. The number of carboxylic acid groups (broad SMARTS) is 1. The van der Waals surface area contributed by atoms with Crippen LogP contribution in [0.25, 0.3) is 0 Å². The molecule has 0 bridgehead atoms. The molecule has 0 aliphatic rings. The van der Waals surface area contributed by atoms with E-state index < -0.39 is 22.6 Å². The predicted molar refractivity (Wildman–Crippen MR) is 75.5 cm³/mol. The monoisotopic (exact) mass is 415 g/mol. The highest BCUT2D eigenvalue weighted by atomic mass is 79.9. The van der Waals surface area contributed by atoms with Gasteiger partial charge >= 0.3 is 5.97 Å². The molecule has 106 valence electrons. The molecule has 0 amide bonds. The summed E-state index contributed by atoms with van der Waals surface area (Å²) in [6, 6.07) is 4.78. The predicted octanol–water partition coefficient (Wildman–Crippen LogP) is 1.59. The Morgan fingerprint density at radius 2 is 2.05 bits per heavy atom. The first-order valence-corrected chi connectivity index (χ1v) is 8.14. The van der Waals surface area contributed by atoms with Gasteiger partial charge in [-0.2, -0.15) is 0 Å². The van der Waals surface area contributed by atoms with Crippen molar-refractivity contribution in [1.29, 1.82) is 0 Å². The number of hydrogen-bond acceptors (Lipinski definition) is 4. The number of aliphatic carboxylic acids is 1. The standard InChI is InChI=1S/C10H11Br2NO5S/c11-7-1-2-8(12)9(5-7)19(16,17)13-3-4-18-6-10(14)15/h1-2,5,13H,3-4,6H2,(H,14,15). The SMILES string of the molecule is O=C(O)COCCNS(=O)(=O)c1cc(Br)ccc1Br. The second kappa shape index (κ2) is 7.34. The molecule has 0 spiro atoms. The molecule has 1 aromatic carbocycles. The van der Waals surface area contributed by atoms with Gasteiger partial charge in [0.15, 0.2) is 0 Å². The summed E-state index contributed by atoms with van der Waals surface area (Å²) in [6.45, 7) is -0.478. The Labute approximate surface area is 127 Å². The van der Waals surface area contributed by atoms with Crippen molar-refractivity contribution in [3.8, 4) is 0 Å². The van der Waals surface area contributed by atoms with Gasteiger partial charge < -0.3 is 9.84 Å². The fourth-order valence-electron chi connectivity index (χ4n) is 1.17. The van der Waals surface area contributed by atoms with Gasteiger partial charge in [-0.15, -0.1) is 0 Å². The molecule has 2 N–H and O–H groups in total. The topological polar surface area (TPSA) is 92.7 Å². The van der Waals surface area contributed by atoms with Crippen molar-refractivity contribution in [2.45, 2.75) is 4.90 Å². The first kappa shape index (κ1) is 16.6. The molecular formula is C10H11Br2NO5S. The van der Waals surface area contributed by atoms with Crippen LogP contribution in [-0.4, -0.2) is 39.3 Å². The van der Waals surface area contributed by atoms with Crippen LogP contribution in [0.15, 0.2) is 32.0 Å². The van der Waals surface area contributed by atoms with Crippen LogP contribution in [0.1, 0.15) is 0 Å². The van der Waals surface area contributed by atoms with E-state index in [0.717, 1.165) is 0 Å². The van der Waals surface area contributed by atoms with E-state index in [4.69, 9.17) is 9.84 Å². The van der Waals surface area contributed by atoms with E-state index in [1.165, 1.54) is 6.07 Å². The van der Waals surface area contributed by atoms with Crippen LogP contribution in [0.3, 0.4) is 0 Å². The van der Waals surface area contributed by atoms with Gasteiger partial charge in [-0.25, -0.2) is 17.9 Å². The zero-order valence-corrected chi connectivity index (χ0v) is 13.6. The average molecular weight is 417 g/mol. The van der Waals surface area contributed by atoms with Crippen LogP contribution in [-0.2, 0) is 19.6 Å². The van der Waals surface area contributed by atoms with Gasteiger partial charge in [0.25, 0.3) is 0 Å². The average Bonchev–Trinajstić information content (AvgIpc) is 2.31. The molecule has 1 aromatic rings. The van der Waals surface area contributed by atoms with E-state index in [0.29, 0.717) is 8.95 Å². The number of benzene rings is 1. The lowest BCUT2D eigenvalue weighted by Crippen LogP contribution is -2.28. The third-order valence-corrected chi connectivity index (χ3v) is 4.89. The van der Waals surface area contributed by atoms with E-state index in [1.54, 1.807) is 12.1 Å². The Morgan fingerprint density at radius 1 is 1.37 bits per heavy atom. The highest BCUT2D eigenvalue weighted by molar-refractivity contribution is 9.11. The molecule has 1 rings (SSSR count). The Balaban J connectivity index is 2.61. The zero-order chi connectivity index (χ0) is 14.5. The molecule has 0 atom stereocenters. The maximum absolute atomic E-state index is 12.0. The molecule has 0 saturated carbocycles. The van der Waals surface area contributed by atoms with Crippen LogP contribution in [0.5, 0.6) is 0 Å². The van der Waals surface area contributed by atoms with Gasteiger partial charge in [-0.05, 0) is 34.1 Å². The molecule has 0 aliphatic carbocycles. The molecule has 0 aromatic heterocycles. The molecule has 6 nitrogen and oxygen atoms in total. The first-order chi connectivity index (χ1) is 8.83. The van der Waals surface area contributed by atoms with Gasteiger partial charge in [0.05, 0.1) is 11.5 Å². The van der Waals surface area contributed by atoms with Crippen molar-refractivity contribution in [2.24, 2.45) is 0 Å². The van der Waals surface area contributed by atoms with E-state index in [1.807, 2.05) is 0 Å². The van der Waals surface area contributed by atoms with Crippen LogP contribution in [0, 0.1) is 0 Å². The van der Waals surface area contributed by atoms with Crippen molar-refractivity contribution in [3.05, 3.63) is 27.1 Å². The Morgan fingerprint density at radius 3 is 2.68 bits per heavy atom. The molecule has 0 aliphatic heterocycles. The Kier molecular flexibility index (Phi) is 6.40. The van der Waals surface area contributed by atoms with Crippen molar-refractivity contribution >= 4 is 47.9 Å². The number of rotatable bonds is 7. The number of ether oxygens (including phenoxy) is 1. The highest BCUT2D eigenvalue weighted by Crippen LogP contribution is 2.25. The molecule has 0 fully saturated rings. The zero-order valence-electron chi connectivity index (χ0n) is 9.60.